The molecule has 3 aromatic carbocycles. The molecule has 3 aromatic rings. The van der Waals surface area contributed by atoms with E-state index in [1.807, 2.05) is 67.6 Å². The number of hydrogen-bond donors (Lipinski definition) is 1. The number of rotatable bonds is 8. The monoisotopic (exact) mass is 406 g/mol. The van der Waals surface area contributed by atoms with Crippen molar-refractivity contribution in [2.45, 2.75) is 11.8 Å². The third-order valence-corrected chi connectivity index (χ3v) is 5.31. The van der Waals surface area contributed by atoms with Crippen molar-refractivity contribution in [3.8, 4) is 5.75 Å². The number of nitrogens with zero attached hydrogens (tertiary/aromatic N) is 1. The van der Waals surface area contributed by atoms with Crippen molar-refractivity contribution in [1.29, 1.82) is 0 Å². The van der Waals surface area contributed by atoms with Gasteiger partial charge in [-0.2, -0.15) is 13.5 Å². The van der Waals surface area contributed by atoms with E-state index >= 15 is 0 Å². The van der Waals surface area contributed by atoms with Gasteiger partial charge in [-0.15, -0.1) is 0 Å². The topological polar surface area (TPSA) is 67.8 Å². The molecule has 148 valence electrons. The molecule has 6 heteroatoms. The van der Waals surface area contributed by atoms with Crippen molar-refractivity contribution >= 4 is 22.3 Å². The lowest BCUT2D eigenvalue weighted by Crippen LogP contribution is -2.18. The fraction of sp³-hybridized carbons (Fsp3) is 0.0870. The second-order valence-electron chi connectivity index (χ2n) is 6.33. The highest BCUT2D eigenvalue weighted by Gasteiger charge is 2.11. The molecule has 0 unspecified atom stereocenters. The molecule has 0 saturated carbocycles. The van der Waals surface area contributed by atoms with E-state index in [0.717, 1.165) is 11.1 Å². The molecule has 29 heavy (non-hydrogen) atoms. The molecule has 0 heterocycles. The number of ether oxygens (including phenoxy) is 1. The Bertz CT molecular complexity index is 1090. The molecule has 0 saturated heterocycles. The Morgan fingerprint density at radius 3 is 2.38 bits per heavy atom. The molecule has 0 aliphatic carbocycles. The first-order valence-corrected chi connectivity index (χ1v) is 10.6. The lowest BCUT2D eigenvalue weighted by atomic mass is 10.2. The molecule has 0 atom stereocenters. The molecule has 0 aromatic heterocycles. The van der Waals surface area contributed by atoms with Gasteiger partial charge in [0.05, 0.1) is 11.1 Å². The summed E-state index contributed by atoms with van der Waals surface area (Å²) >= 11 is 0. The van der Waals surface area contributed by atoms with Gasteiger partial charge in [0, 0.05) is 5.56 Å². The normalized spacial score (nSPS) is 11.8. The molecule has 0 bridgehead atoms. The number of hydrogen-bond acceptors (Lipinski definition) is 4. The highest BCUT2D eigenvalue weighted by molar-refractivity contribution is 7.89. The first-order chi connectivity index (χ1) is 14.0. The van der Waals surface area contributed by atoms with E-state index in [4.69, 9.17) is 4.74 Å². The van der Waals surface area contributed by atoms with Crippen LogP contribution in [0.5, 0.6) is 5.75 Å². The molecular formula is C23H22N2O3S. The Balaban J connectivity index is 1.62. The smallest absolute Gasteiger partial charge is 0.276 e. The maximum atomic E-state index is 12.3. The molecule has 0 radical (unpaired) electrons. The second-order valence-corrected chi connectivity index (χ2v) is 7.99. The Morgan fingerprint density at radius 1 is 0.931 bits per heavy atom. The third kappa shape index (κ3) is 6.05. The summed E-state index contributed by atoms with van der Waals surface area (Å²) in [7, 11) is -3.71. The van der Waals surface area contributed by atoms with Gasteiger partial charge in [0.1, 0.15) is 12.4 Å². The van der Waals surface area contributed by atoms with E-state index in [2.05, 4.69) is 9.93 Å². The minimum Gasteiger partial charge on any atom is -0.489 e. The van der Waals surface area contributed by atoms with Crippen LogP contribution in [0.4, 0.5) is 0 Å². The van der Waals surface area contributed by atoms with Gasteiger partial charge in [-0.1, -0.05) is 66.2 Å². The number of sulfonamides is 1. The standard InChI is InChI=1S/C23H22N2O3S/c1-19-13-15-22(16-14-19)29(26,27)25-24-18-21-11-5-6-12-23(21)28-17-7-10-20-8-3-2-4-9-20/h2-16,18,25H,17H2,1H3/b10-7+,24-18+. The van der Waals surface area contributed by atoms with Gasteiger partial charge < -0.3 is 4.74 Å². The zero-order valence-electron chi connectivity index (χ0n) is 16.0. The summed E-state index contributed by atoms with van der Waals surface area (Å²) in [5.74, 6) is 0.614. The number of hydrazone groups is 1. The van der Waals surface area contributed by atoms with Crippen molar-refractivity contribution in [1.82, 2.24) is 4.83 Å². The predicted octanol–water partition coefficient (Wildman–Crippen LogP) is 4.40. The SMILES string of the molecule is Cc1ccc(S(=O)(=O)N/N=C/c2ccccc2OC/C=C/c2ccccc2)cc1. The molecule has 1 N–H and O–H groups in total. The van der Waals surface area contributed by atoms with Crippen LogP contribution in [0.15, 0.2) is 94.9 Å². The van der Waals surface area contributed by atoms with Gasteiger partial charge in [0.2, 0.25) is 0 Å². The van der Waals surface area contributed by atoms with E-state index in [1.54, 1.807) is 30.3 Å². The van der Waals surface area contributed by atoms with E-state index in [1.165, 1.54) is 6.21 Å². The van der Waals surface area contributed by atoms with Crippen LogP contribution >= 0.6 is 0 Å². The minimum absolute atomic E-state index is 0.163. The van der Waals surface area contributed by atoms with Crippen molar-refractivity contribution in [2.75, 3.05) is 6.61 Å². The number of para-hydroxylation sites is 1. The highest BCUT2D eigenvalue weighted by Crippen LogP contribution is 2.16. The van der Waals surface area contributed by atoms with Crippen LogP contribution in [0.25, 0.3) is 6.08 Å². The van der Waals surface area contributed by atoms with Gasteiger partial charge in [-0.3, -0.25) is 0 Å². The van der Waals surface area contributed by atoms with Gasteiger partial charge in [-0.05, 0) is 42.8 Å². The Morgan fingerprint density at radius 2 is 1.62 bits per heavy atom. The molecular weight excluding hydrogens is 384 g/mol. The van der Waals surface area contributed by atoms with E-state index in [9.17, 15) is 8.42 Å². The summed E-state index contributed by atoms with van der Waals surface area (Å²) in [5, 5.41) is 3.89. The van der Waals surface area contributed by atoms with Gasteiger partial charge in [0.15, 0.2) is 0 Å². The van der Waals surface area contributed by atoms with Gasteiger partial charge in [0.25, 0.3) is 10.0 Å². The van der Waals surface area contributed by atoms with Crippen molar-refractivity contribution in [3.05, 3.63) is 102 Å². The second kappa shape index (κ2) is 9.71. The zero-order chi connectivity index (χ0) is 20.5. The average molecular weight is 407 g/mol. The summed E-state index contributed by atoms with van der Waals surface area (Å²) in [6, 6.07) is 23.8. The quantitative estimate of drug-likeness (QED) is 0.445. The summed E-state index contributed by atoms with van der Waals surface area (Å²) in [4.78, 5) is 2.39. The summed E-state index contributed by atoms with van der Waals surface area (Å²) < 4.78 is 30.4. The molecule has 0 spiro atoms. The zero-order valence-corrected chi connectivity index (χ0v) is 16.8. The summed E-state index contributed by atoms with van der Waals surface area (Å²) in [5.41, 5.74) is 2.75. The lowest BCUT2D eigenvalue weighted by Gasteiger charge is -2.07. The number of aryl methyl sites for hydroxylation is 1. The van der Waals surface area contributed by atoms with Crippen molar-refractivity contribution < 1.29 is 13.2 Å². The van der Waals surface area contributed by atoms with E-state index in [-0.39, 0.29) is 4.90 Å². The van der Waals surface area contributed by atoms with Crippen LogP contribution in [0, 0.1) is 6.92 Å². The highest BCUT2D eigenvalue weighted by atomic mass is 32.2. The van der Waals surface area contributed by atoms with Crippen LogP contribution in [0.2, 0.25) is 0 Å². The van der Waals surface area contributed by atoms with Crippen LogP contribution in [-0.2, 0) is 10.0 Å². The van der Waals surface area contributed by atoms with Gasteiger partial charge >= 0.3 is 0 Å². The summed E-state index contributed by atoms with van der Waals surface area (Å²) in [6.45, 7) is 2.28. The predicted molar refractivity (Wildman–Crippen MR) is 117 cm³/mol. The third-order valence-electron chi connectivity index (χ3n) is 4.07. The van der Waals surface area contributed by atoms with Crippen LogP contribution in [0.1, 0.15) is 16.7 Å². The Kier molecular flexibility index (Phi) is 6.81. The summed E-state index contributed by atoms with van der Waals surface area (Å²) in [6.07, 6.45) is 5.33. The van der Waals surface area contributed by atoms with Crippen molar-refractivity contribution in [3.63, 3.8) is 0 Å². The fourth-order valence-electron chi connectivity index (χ4n) is 2.54. The molecule has 5 nitrogen and oxygen atoms in total. The lowest BCUT2D eigenvalue weighted by molar-refractivity contribution is 0.363. The maximum absolute atomic E-state index is 12.3. The van der Waals surface area contributed by atoms with Crippen LogP contribution < -0.4 is 9.57 Å². The van der Waals surface area contributed by atoms with Crippen LogP contribution in [0.3, 0.4) is 0 Å². The van der Waals surface area contributed by atoms with Crippen LogP contribution in [-0.4, -0.2) is 21.2 Å². The Hall–Kier alpha value is -3.38. The average Bonchev–Trinajstić information content (AvgIpc) is 2.73. The fourth-order valence-corrected chi connectivity index (χ4v) is 3.33. The van der Waals surface area contributed by atoms with E-state index in [0.29, 0.717) is 17.9 Å². The molecule has 0 fully saturated rings. The Labute approximate surface area is 171 Å². The minimum atomic E-state index is -3.71. The molecule has 0 amide bonds. The maximum Gasteiger partial charge on any atom is 0.276 e. The number of nitrogens with one attached hydrogen (secondary N) is 1. The molecule has 3 rings (SSSR count). The molecule has 0 aliphatic rings. The van der Waals surface area contributed by atoms with E-state index < -0.39 is 10.0 Å². The first-order valence-electron chi connectivity index (χ1n) is 9.09. The largest absolute Gasteiger partial charge is 0.489 e. The number of benzene rings is 3. The molecule has 0 aliphatic heterocycles. The van der Waals surface area contributed by atoms with Gasteiger partial charge in [-0.25, -0.2) is 4.83 Å². The van der Waals surface area contributed by atoms with Crippen molar-refractivity contribution in [2.24, 2.45) is 5.10 Å². The first kappa shape index (κ1) is 20.4.